The van der Waals surface area contributed by atoms with E-state index in [4.69, 9.17) is 14.2 Å². The number of non-ortho nitro benzene ring substituents is 1. The number of nitro benzene ring substituents is 1. The lowest BCUT2D eigenvalue weighted by Gasteiger charge is -2.08. The fourth-order valence-corrected chi connectivity index (χ4v) is 3.40. The number of hydrogen-bond donors (Lipinski definition) is 1. The van der Waals surface area contributed by atoms with Gasteiger partial charge < -0.3 is 14.2 Å². The molecule has 2 aromatic carbocycles. The molecule has 1 amide bonds. The minimum Gasteiger partial charge on any atom is -0.494 e. The number of nitrogens with zero attached hydrogens (tertiary/aromatic N) is 2. The lowest BCUT2D eigenvalue weighted by molar-refractivity contribution is -0.384. The van der Waals surface area contributed by atoms with Crippen LogP contribution in [0.15, 0.2) is 53.9 Å². The van der Waals surface area contributed by atoms with Crippen molar-refractivity contribution in [2.75, 3.05) is 25.1 Å². The van der Waals surface area contributed by atoms with Gasteiger partial charge >= 0.3 is 5.97 Å². The summed E-state index contributed by atoms with van der Waals surface area (Å²) in [6.45, 7) is 2.10. The predicted octanol–water partition coefficient (Wildman–Crippen LogP) is 4.07. The summed E-state index contributed by atoms with van der Waals surface area (Å²) in [6.07, 6.45) is -0.0192. The fourth-order valence-electron chi connectivity index (χ4n) is 2.67. The van der Waals surface area contributed by atoms with E-state index in [1.807, 2.05) is 6.92 Å². The van der Waals surface area contributed by atoms with Crippen LogP contribution in [0.4, 0.5) is 10.8 Å². The Morgan fingerprint density at radius 3 is 2.55 bits per heavy atom. The second-order valence-corrected chi connectivity index (χ2v) is 7.42. The first-order valence-electron chi connectivity index (χ1n) is 9.96. The minimum atomic E-state index is -0.576. The van der Waals surface area contributed by atoms with Crippen LogP contribution in [-0.4, -0.2) is 41.6 Å². The van der Waals surface area contributed by atoms with Crippen LogP contribution in [0.3, 0.4) is 0 Å². The first-order chi connectivity index (χ1) is 15.9. The summed E-state index contributed by atoms with van der Waals surface area (Å²) < 4.78 is 15.8. The summed E-state index contributed by atoms with van der Waals surface area (Å²) >= 11 is 1.15. The summed E-state index contributed by atoms with van der Waals surface area (Å²) in [5, 5.41) is 15.4. The molecule has 0 saturated carbocycles. The molecule has 0 aliphatic carbocycles. The Balaban J connectivity index is 1.40. The maximum Gasteiger partial charge on any atom is 0.309 e. The minimum absolute atomic E-state index is 0.0192. The van der Waals surface area contributed by atoms with Crippen LogP contribution < -0.4 is 14.8 Å². The first kappa shape index (κ1) is 23.7. The van der Waals surface area contributed by atoms with Crippen molar-refractivity contribution < 1.29 is 28.7 Å². The smallest absolute Gasteiger partial charge is 0.309 e. The van der Waals surface area contributed by atoms with Crippen LogP contribution in [0.2, 0.25) is 0 Å². The maximum atomic E-state index is 12.0. The van der Waals surface area contributed by atoms with Crippen molar-refractivity contribution in [2.45, 2.75) is 13.3 Å². The van der Waals surface area contributed by atoms with Gasteiger partial charge in [-0.05, 0) is 31.2 Å². The number of aromatic nitrogens is 1. The molecule has 0 bridgehead atoms. The molecule has 0 radical (unpaired) electrons. The van der Waals surface area contributed by atoms with Crippen molar-refractivity contribution in [2.24, 2.45) is 0 Å². The Hall–Kier alpha value is -3.99. The van der Waals surface area contributed by atoms with Gasteiger partial charge in [0.25, 0.3) is 11.6 Å². The van der Waals surface area contributed by atoms with E-state index in [1.54, 1.807) is 41.8 Å². The molecule has 0 spiro atoms. The van der Waals surface area contributed by atoms with E-state index in [0.29, 0.717) is 23.6 Å². The van der Waals surface area contributed by atoms with Gasteiger partial charge in [-0.2, -0.15) is 0 Å². The summed E-state index contributed by atoms with van der Waals surface area (Å²) in [5.41, 5.74) is 0.992. The Kier molecular flexibility index (Phi) is 8.30. The number of carbonyl (C=O) groups excluding carboxylic acids is 2. The number of thiazole rings is 1. The van der Waals surface area contributed by atoms with Crippen molar-refractivity contribution in [3.05, 3.63) is 64.0 Å². The normalized spacial score (nSPS) is 10.3. The Labute approximate surface area is 193 Å². The summed E-state index contributed by atoms with van der Waals surface area (Å²) in [6, 6.07) is 13.0. The number of esters is 1. The van der Waals surface area contributed by atoms with E-state index in [0.717, 1.165) is 17.1 Å². The van der Waals surface area contributed by atoms with Gasteiger partial charge in [0.2, 0.25) is 0 Å². The van der Waals surface area contributed by atoms with Crippen LogP contribution >= 0.6 is 11.3 Å². The quantitative estimate of drug-likeness (QED) is 0.252. The third-order valence-electron chi connectivity index (χ3n) is 4.18. The third-order valence-corrected chi connectivity index (χ3v) is 4.93. The highest BCUT2D eigenvalue weighted by molar-refractivity contribution is 7.14. The molecule has 0 saturated heterocycles. The molecular weight excluding hydrogens is 450 g/mol. The Morgan fingerprint density at radius 2 is 1.85 bits per heavy atom. The number of rotatable bonds is 11. The number of nitro groups is 1. The molecule has 0 unspecified atom stereocenters. The number of nitrogens with one attached hydrogen (secondary N) is 1. The molecule has 1 N–H and O–H groups in total. The highest BCUT2D eigenvalue weighted by Gasteiger charge is 2.13. The summed E-state index contributed by atoms with van der Waals surface area (Å²) in [7, 11) is 0. The van der Waals surface area contributed by atoms with Gasteiger partial charge in [-0.25, -0.2) is 4.98 Å². The van der Waals surface area contributed by atoms with E-state index < -0.39 is 23.4 Å². The zero-order valence-corrected chi connectivity index (χ0v) is 18.5. The van der Waals surface area contributed by atoms with Crippen molar-refractivity contribution >= 4 is 34.0 Å². The zero-order chi connectivity index (χ0) is 23.6. The number of hydrogen-bond acceptors (Lipinski definition) is 9. The summed E-state index contributed by atoms with van der Waals surface area (Å²) in [5.74, 6) is 0.197. The van der Waals surface area contributed by atoms with Crippen LogP contribution in [0.25, 0.3) is 11.3 Å². The van der Waals surface area contributed by atoms with Crippen LogP contribution in [-0.2, 0) is 14.3 Å². The molecule has 10 nitrogen and oxygen atoms in total. The molecule has 33 heavy (non-hydrogen) atoms. The van der Waals surface area contributed by atoms with Gasteiger partial charge in [-0.3, -0.25) is 25.0 Å². The lowest BCUT2D eigenvalue weighted by atomic mass is 10.1. The fraction of sp³-hybridized carbons (Fsp3) is 0.227. The second kappa shape index (κ2) is 11.6. The average molecular weight is 471 g/mol. The topological polar surface area (TPSA) is 130 Å². The van der Waals surface area contributed by atoms with E-state index in [9.17, 15) is 19.7 Å². The number of anilines is 1. The predicted molar refractivity (Wildman–Crippen MR) is 122 cm³/mol. The molecule has 0 aliphatic heterocycles. The Bertz CT molecular complexity index is 1120. The third kappa shape index (κ3) is 7.28. The van der Waals surface area contributed by atoms with E-state index in [1.165, 1.54) is 12.1 Å². The largest absolute Gasteiger partial charge is 0.494 e. The number of ether oxygens (including phenoxy) is 3. The van der Waals surface area contributed by atoms with Crippen molar-refractivity contribution in [1.82, 2.24) is 4.98 Å². The molecule has 11 heteroatoms. The van der Waals surface area contributed by atoms with Gasteiger partial charge in [0.05, 0.1) is 30.3 Å². The molecule has 3 aromatic rings. The van der Waals surface area contributed by atoms with Gasteiger partial charge in [-0.15, -0.1) is 11.3 Å². The van der Waals surface area contributed by atoms with Gasteiger partial charge in [0.1, 0.15) is 11.5 Å². The average Bonchev–Trinajstić information content (AvgIpc) is 3.27. The van der Waals surface area contributed by atoms with Crippen molar-refractivity contribution in [1.29, 1.82) is 0 Å². The van der Waals surface area contributed by atoms with E-state index >= 15 is 0 Å². The van der Waals surface area contributed by atoms with Crippen LogP contribution in [0, 0.1) is 10.1 Å². The zero-order valence-electron chi connectivity index (χ0n) is 17.7. The summed E-state index contributed by atoms with van der Waals surface area (Å²) in [4.78, 5) is 38.5. The standard InChI is InChI=1S/C22H21N3O7S/c1-2-30-17-6-8-18(9-7-17)31-11-10-21(27)32-13-20(26)24-22-23-19(14-33-22)15-4-3-5-16(12-15)25(28)29/h3-9,12,14H,2,10-11,13H2,1H3,(H,23,24,26). The highest BCUT2D eigenvalue weighted by Crippen LogP contribution is 2.27. The first-order valence-corrected chi connectivity index (χ1v) is 10.8. The van der Waals surface area contributed by atoms with E-state index in [2.05, 4.69) is 10.3 Å². The molecular formula is C22H21N3O7S. The van der Waals surface area contributed by atoms with Crippen molar-refractivity contribution in [3.8, 4) is 22.8 Å². The monoisotopic (exact) mass is 471 g/mol. The van der Waals surface area contributed by atoms with Gasteiger partial charge in [0.15, 0.2) is 11.7 Å². The maximum absolute atomic E-state index is 12.0. The van der Waals surface area contributed by atoms with Gasteiger partial charge in [-0.1, -0.05) is 12.1 Å². The highest BCUT2D eigenvalue weighted by atomic mass is 32.1. The molecule has 0 fully saturated rings. The lowest BCUT2D eigenvalue weighted by Crippen LogP contribution is -2.21. The SMILES string of the molecule is CCOc1ccc(OCCC(=O)OCC(=O)Nc2nc(-c3cccc([N+](=O)[O-])c3)cs2)cc1. The Morgan fingerprint density at radius 1 is 1.12 bits per heavy atom. The molecule has 0 aliphatic rings. The van der Waals surface area contributed by atoms with E-state index in [-0.39, 0.29) is 23.8 Å². The van der Waals surface area contributed by atoms with Crippen molar-refractivity contribution in [3.63, 3.8) is 0 Å². The molecule has 0 atom stereocenters. The van der Waals surface area contributed by atoms with Gasteiger partial charge in [0, 0.05) is 23.1 Å². The van der Waals surface area contributed by atoms with Crippen LogP contribution in [0.1, 0.15) is 13.3 Å². The number of amides is 1. The second-order valence-electron chi connectivity index (χ2n) is 6.56. The molecule has 1 heterocycles. The number of carbonyl (C=O) groups is 2. The van der Waals surface area contributed by atoms with Crippen LogP contribution in [0.5, 0.6) is 11.5 Å². The molecule has 172 valence electrons. The molecule has 3 rings (SSSR count). The number of benzene rings is 2. The molecule has 1 aromatic heterocycles.